The van der Waals surface area contributed by atoms with Crippen LogP contribution in [0.4, 0.5) is 0 Å². The smallest absolute Gasteiger partial charge is 0.244 e. The number of carbonyl (C=O) groups excluding carboxylic acids is 1. The number of hydrogen-bond acceptors (Lipinski definition) is 2. The summed E-state index contributed by atoms with van der Waals surface area (Å²) in [6.45, 7) is 3.86. The van der Waals surface area contributed by atoms with Gasteiger partial charge in [-0.2, -0.15) is 5.10 Å². The van der Waals surface area contributed by atoms with Crippen molar-refractivity contribution in [1.82, 2.24) is 15.1 Å². The van der Waals surface area contributed by atoms with Crippen LogP contribution in [0, 0.1) is 6.92 Å². The van der Waals surface area contributed by atoms with E-state index in [1.165, 1.54) is 12.8 Å². The highest BCUT2D eigenvalue weighted by molar-refractivity contribution is 5.80. The minimum absolute atomic E-state index is 0.0821. The van der Waals surface area contributed by atoms with Crippen LogP contribution >= 0.6 is 0 Å². The maximum absolute atomic E-state index is 12.0. The molecular weight excluding hydrogens is 202 g/mol. The van der Waals surface area contributed by atoms with E-state index in [1.54, 1.807) is 10.9 Å². The van der Waals surface area contributed by atoms with Crippen molar-refractivity contribution in [3.63, 3.8) is 0 Å². The zero-order valence-electron chi connectivity index (χ0n) is 9.94. The molecule has 1 amide bonds. The summed E-state index contributed by atoms with van der Waals surface area (Å²) in [5.74, 6) is 0.0821. The molecule has 1 N–H and O–H groups in total. The van der Waals surface area contributed by atoms with E-state index in [2.05, 4.69) is 10.4 Å². The van der Waals surface area contributed by atoms with E-state index in [0.29, 0.717) is 6.04 Å². The van der Waals surface area contributed by atoms with Gasteiger partial charge >= 0.3 is 0 Å². The van der Waals surface area contributed by atoms with Crippen LogP contribution in [0.3, 0.4) is 0 Å². The molecule has 1 aromatic rings. The van der Waals surface area contributed by atoms with Gasteiger partial charge in [-0.15, -0.1) is 0 Å². The first-order valence-corrected chi connectivity index (χ1v) is 5.99. The first-order valence-electron chi connectivity index (χ1n) is 5.99. The second-order valence-corrected chi connectivity index (χ2v) is 4.58. The van der Waals surface area contributed by atoms with Crippen molar-refractivity contribution in [2.45, 2.75) is 51.6 Å². The topological polar surface area (TPSA) is 46.9 Å². The molecule has 0 radical (unpaired) electrons. The number of nitrogens with zero attached hydrogens (tertiary/aromatic N) is 2. The maximum Gasteiger partial charge on any atom is 0.244 e. The average molecular weight is 221 g/mol. The summed E-state index contributed by atoms with van der Waals surface area (Å²) >= 11 is 0. The van der Waals surface area contributed by atoms with Gasteiger partial charge in [0, 0.05) is 17.9 Å². The summed E-state index contributed by atoms with van der Waals surface area (Å²) in [5.41, 5.74) is 1.02. The Morgan fingerprint density at radius 2 is 2.25 bits per heavy atom. The van der Waals surface area contributed by atoms with Gasteiger partial charge in [0.25, 0.3) is 0 Å². The summed E-state index contributed by atoms with van der Waals surface area (Å²) in [6.07, 6.45) is 6.45. The third-order valence-corrected chi connectivity index (χ3v) is 3.32. The predicted octanol–water partition coefficient (Wildman–Crippen LogP) is 1.81. The zero-order chi connectivity index (χ0) is 11.5. The van der Waals surface area contributed by atoms with Gasteiger partial charge in [-0.05, 0) is 32.8 Å². The summed E-state index contributed by atoms with van der Waals surface area (Å²) in [4.78, 5) is 12.0. The Kier molecular flexibility index (Phi) is 3.27. The van der Waals surface area contributed by atoms with Crippen molar-refractivity contribution < 1.29 is 4.79 Å². The van der Waals surface area contributed by atoms with Gasteiger partial charge in [-0.3, -0.25) is 9.48 Å². The standard InChI is InChI=1S/C12H19N3O/c1-9-7-8-13-15(9)10(2)12(16)14-11-5-3-4-6-11/h7-8,10-11H,3-6H2,1-2H3,(H,14,16)/t10-/m1/s1. The molecule has 1 heterocycles. The lowest BCUT2D eigenvalue weighted by Crippen LogP contribution is -2.37. The van der Waals surface area contributed by atoms with E-state index in [9.17, 15) is 4.79 Å². The molecule has 4 nitrogen and oxygen atoms in total. The number of nitrogens with one attached hydrogen (secondary N) is 1. The van der Waals surface area contributed by atoms with Crippen LogP contribution in [0.25, 0.3) is 0 Å². The molecule has 88 valence electrons. The van der Waals surface area contributed by atoms with Crippen molar-refractivity contribution in [1.29, 1.82) is 0 Å². The molecule has 1 aliphatic carbocycles. The maximum atomic E-state index is 12.0. The average Bonchev–Trinajstić information content (AvgIpc) is 2.88. The third kappa shape index (κ3) is 2.26. The fourth-order valence-electron chi connectivity index (χ4n) is 2.29. The van der Waals surface area contributed by atoms with E-state index in [1.807, 2.05) is 19.9 Å². The quantitative estimate of drug-likeness (QED) is 0.846. The number of aryl methyl sites for hydroxylation is 1. The highest BCUT2D eigenvalue weighted by atomic mass is 16.2. The van der Waals surface area contributed by atoms with Crippen molar-refractivity contribution in [3.05, 3.63) is 18.0 Å². The molecule has 2 rings (SSSR count). The Labute approximate surface area is 96.0 Å². The van der Waals surface area contributed by atoms with Gasteiger partial charge in [-0.1, -0.05) is 12.8 Å². The first-order chi connectivity index (χ1) is 7.68. The van der Waals surface area contributed by atoms with Crippen LogP contribution in [0.15, 0.2) is 12.3 Å². The van der Waals surface area contributed by atoms with Gasteiger partial charge in [0.05, 0.1) is 0 Å². The van der Waals surface area contributed by atoms with Gasteiger partial charge in [0.2, 0.25) is 5.91 Å². The van der Waals surface area contributed by atoms with Crippen molar-refractivity contribution >= 4 is 5.91 Å². The number of aromatic nitrogens is 2. The molecule has 0 unspecified atom stereocenters. The molecule has 1 saturated carbocycles. The predicted molar refractivity (Wildman–Crippen MR) is 62.1 cm³/mol. The fraction of sp³-hybridized carbons (Fsp3) is 0.667. The van der Waals surface area contributed by atoms with Crippen LogP contribution in [0.1, 0.15) is 44.3 Å². The Hall–Kier alpha value is -1.32. The molecule has 1 atom stereocenters. The molecule has 0 aromatic carbocycles. The second kappa shape index (κ2) is 4.68. The largest absolute Gasteiger partial charge is 0.352 e. The SMILES string of the molecule is Cc1ccnn1[C@H](C)C(=O)NC1CCCC1. The summed E-state index contributed by atoms with van der Waals surface area (Å²) in [6, 6.07) is 2.08. The molecular formula is C12H19N3O. The van der Waals surface area contributed by atoms with Crippen LogP contribution in [-0.2, 0) is 4.79 Å². The molecule has 1 aliphatic rings. The molecule has 0 spiro atoms. The number of rotatable bonds is 3. The summed E-state index contributed by atoms with van der Waals surface area (Å²) in [5, 5.41) is 7.26. The lowest BCUT2D eigenvalue weighted by Gasteiger charge is -2.17. The molecule has 16 heavy (non-hydrogen) atoms. The van der Waals surface area contributed by atoms with E-state index in [4.69, 9.17) is 0 Å². The third-order valence-electron chi connectivity index (χ3n) is 3.32. The Bertz CT molecular complexity index is 366. The van der Waals surface area contributed by atoms with E-state index in [-0.39, 0.29) is 11.9 Å². The summed E-state index contributed by atoms with van der Waals surface area (Å²) < 4.78 is 1.77. The van der Waals surface area contributed by atoms with Gasteiger partial charge < -0.3 is 5.32 Å². The minimum Gasteiger partial charge on any atom is -0.352 e. The lowest BCUT2D eigenvalue weighted by atomic mass is 10.2. The molecule has 0 aliphatic heterocycles. The highest BCUT2D eigenvalue weighted by Gasteiger charge is 2.22. The van der Waals surface area contributed by atoms with E-state index in [0.717, 1.165) is 18.5 Å². The van der Waals surface area contributed by atoms with E-state index < -0.39 is 0 Å². The molecule has 1 aromatic heterocycles. The fourth-order valence-corrected chi connectivity index (χ4v) is 2.29. The zero-order valence-corrected chi connectivity index (χ0v) is 9.94. The second-order valence-electron chi connectivity index (χ2n) is 4.58. The van der Waals surface area contributed by atoms with Gasteiger partial charge in [0.15, 0.2) is 0 Å². The van der Waals surface area contributed by atoms with Gasteiger partial charge in [-0.25, -0.2) is 0 Å². The van der Waals surface area contributed by atoms with Crippen LogP contribution in [-0.4, -0.2) is 21.7 Å². The number of amides is 1. The Morgan fingerprint density at radius 3 is 2.81 bits per heavy atom. The molecule has 0 bridgehead atoms. The van der Waals surface area contributed by atoms with Crippen LogP contribution in [0.5, 0.6) is 0 Å². The minimum atomic E-state index is -0.212. The number of hydrogen-bond donors (Lipinski definition) is 1. The molecule has 4 heteroatoms. The molecule has 0 saturated heterocycles. The van der Waals surface area contributed by atoms with Crippen LogP contribution in [0.2, 0.25) is 0 Å². The van der Waals surface area contributed by atoms with Crippen LogP contribution < -0.4 is 5.32 Å². The monoisotopic (exact) mass is 221 g/mol. The Balaban J connectivity index is 1.96. The summed E-state index contributed by atoms with van der Waals surface area (Å²) in [7, 11) is 0. The first kappa shape index (κ1) is 11.2. The highest BCUT2D eigenvalue weighted by Crippen LogP contribution is 2.18. The van der Waals surface area contributed by atoms with Gasteiger partial charge in [0.1, 0.15) is 6.04 Å². The molecule has 1 fully saturated rings. The Morgan fingerprint density at radius 1 is 1.56 bits per heavy atom. The lowest BCUT2D eigenvalue weighted by molar-refractivity contribution is -0.124. The van der Waals surface area contributed by atoms with E-state index >= 15 is 0 Å². The van der Waals surface area contributed by atoms with Crippen molar-refractivity contribution in [2.24, 2.45) is 0 Å². The van der Waals surface area contributed by atoms with Crippen molar-refractivity contribution in [3.8, 4) is 0 Å². The normalized spacial score (nSPS) is 18.6. The number of carbonyl (C=O) groups is 1. The van der Waals surface area contributed by atoms with Crippen molar-refractivity contribution in [2.75, 3.05) is 0 Å².